The van der Waals surface area contributed by atoms with E-state index < -0.39 is 9.84 Å². The van der Waals surface area contributed by atoms with E-state index in [1.807, 2.05) is 6.07 Å². The highest BCUT2D eigenvalue weighted by molar-refractivity contribution is 8.16. The maximum atomic E-state index is 13.0. The van der Waals surface area contributed by atoms with Gasteiger partial charge in [0.2, 0.25) is 0 Å². The van der Waals surface area contributed by atoms with Crippen LogP contribution in [0.1, 0.15) is 5.56 Å². The number of sulfone groups is 1. The summed E-state index contributed by atoms with van der Waals surface area (Å²) in [6.07, 6.45) is 0.0430. The molecule has 2 atom stereocenters. The molecule has 4 rings (SSSR count). The molecule has 2 aromatic carbocycles. The number of anilines is 1. The highest BCUT2D eigenvalue weighted by Crippen LogP contribution is 2.41. The Bertz CT molecular complexity index is 1060. The second-order valence-electron chi connectivity index (χ2n) is 6.74. The summed E-state index contributed by atoms with van der Waals surface area (Å²) in [7, 11) is -3.13. The van der Waals surface area contributed by atoms with E-state index in [1.165, 1.54) is 23.9 Å². The van der Waals surface area contributed by atoms with E-state index in [1.54, 1.807) is 35.2 Å². The zero-order chi connectivity index (χ0) is 19.9. The monoisotopic (exact) mass is 438 g/mol. The van der Waals surface area contributed by atoms with Crippen molar-refractivity contribution < 1.29 is 17.6 Å². The molecule has 2 aliphatic heterocycles. The minimum Gasteiger partial charge on any atom is -0.316 e. The van der Waals surface area contributed by atoms with Crippen molar-refractivity contribution in [1.29, 1.82) is 0 Å². The van der Waals surface area contributed by atoms with Crippen molar-refractivity contribution in [3.63, 3.8) is 0 Å². The third-order valence-corrected chi connectivity index (χ3v) is 8.09. The van der Waals surface area contributed by atoms with Gasteiger partial charge in [-0.15, -0.1) is 0 Å². The van der Waals surface area contributed by atoms with Crippen LogP contribution < -0.4 is 4.90 Å². The summed E-state index contributed by atoms with van der Waals surface area (Å²) in [5, 5.41) is 0.810. The van der Waals surface area contributed by atoms with Crippen LogP contribution in [0.3, 0.4) is 0 Å². The van der Waals surface area contributed by atoms with Crippen LogP contribution in [0, 0.1) is 5.82 Å². The third-order valence-electron chi connectivity index (χ3n) is 4.64. The molecule has 1 amide bonds. The summed E-state index contributed by atoms with van der Waals surface area (Å²) in [5.74, 6) is -0.661. The van der Waals surface area contributed by atoms with Gasteiger partial charge in [-0.3, -0.25) is 4.79 Å². The molecule has 9 heteroatoms. The molecule has 0 bridgehead atoms. The lowest BCUT2D eigenvalue weighted by atomic mass is 10.1. The van der Waals surface area contributed by atoms with Gasteiger partial charge in [-0.2, -0.15) is 4.99 Å². The molecular weight excluding hydrogens is 423 g/mol. The minimum absolute atomic E-state index is 0.0162. The summed E-state index contributed by atoms with van der Waals surface area (Å²) in [4.78, 5) is 18.5. The normalized spacial score (nSPS) is 24.5. The van der Waals surface area contributed by atoms with Gasteiger partial charge in [0.25, 0.3) is 5.91 Å². The fraction of sp³-hybridized carbons (Fsp3) is 0.263. The first kappa shape index (κ1) is 19.4. The lowest BCUT2D eigenvalue weighted by Crippen LogP contribution is -2.37. The number of hydrogen-bond acceptors (Lipinski definition) is 4. The minimum atomic E-state index is -3.13. The van der Waals surface area contributed by atoms with Crippen LogP contribution in [0.4, 0.5) is 10.1 Å². The highest BCUT2D eigenvalue weighted by atomic mass is 35.5. The number of carbonyl (C=O) groups is 1. The molecule has 0 spiro atoms. The number of halogens is 2. The third kappa shape index (κ3) is 4.09. The smallest absolute Gasteiger partial charge is 0.252 e. The van der Waals surface area contributed by atoms with Crippen molar-refractivity contribution >= 4 is 50.0 Å². The van der Waals surface area contributed by atoms with Gasteiger partial charge >= 0.3 is 0 Å². The Morgan fingerprint density at radius 3 is 2.68 bits per heavy atom. The fourth-order valence-electron chi connectivity index (χ4n) is 3.42. The van der Waals surface area contributed by atoms with Crippen molar-refractivity contribution in [3.8, 4) is 0 Å². The molecule has 2 fully saturated rings. The lowest BCUT2D eigenvalue weighted by molar-refractivity contribution is -0.117. The van der Waals surface area contributed by atoms with E-state index >= 15 is 0 Å². The molecule has 0 radical (unpaired) electrons. The van der Waals surface area contributed by atoms with Crippen LogP contribution in [-0.4, -0.2) is 42.3 Å². The molecule has 2 aromatic rings. The van der Waals surface area contributed by atoms with E-state index in [9.17, 15) is 17.6 Å². The molecule has 0 aliphatic carbocycles. The van der Waals surface area contributed by atoms with Crippen LogP contribution in [0.15, 0.2) is 53.5 Å². The number of nitrogens with zero attached hydrogens (tertiary/aromatic N) is 2. The average molecular weight is 439 g/mol. The van der Waals surface area contributed by atoms with Crippen LogP contribution in [0.5, 0.6) is 0 Å². The Morgan fingerprint density at radius 2 is 1.96 bits per heavy atom. The van der Waals surface area contributed by atoms with Crippen LogP contribution in [-0.2, 0) is 21.1 Å². The summed E-state index contributed by atoms with van der Waals surface area (Å²) in [6, 6.07) is 12.5. The average Bonchev–Trinajstić information content (AvgIpc) is 3.07. The SMILES string of the molecule is O=C(Cc1ccc(F)cc1)N=C1SC2CS(=O)(=O)CC2N1c1cccc(Cl)c1. The standard InChI is InChI=1S/C19H16ClFN2O3S2/c20-13-2-1-3-15(9-13)23-16-10-28(25,26)11-17(16)27-19(23)22-18(24)8-12-4-6-14(21)7-5-12/h1-7,9,16-17H,8,10-11H2. The second-order valence-corrected chi connectivity index (χ2v) is 10.5. The first-order valence-electron chi connectivity index (χ1n) is 8.58. The number of aliphatic imine (C=N–C) groups is 1. The number of hydrogen-bond donors (Lipinski definition) is 0. The van der Waals surface area contributed by atoms with Crippen LogP contribution in [0.25, 0.3) is 0 Å². The Hall–Kier alpha value is -1.90. The van der Waals surface area contributed by atoms with E-state index in [2.05, 4.69) is 4.99 Å². The molecule has 2 unspecified atom stereocenters. The van der Waals surface area contributed by atoms with Gasteiger partial charge < -0.3 is 4.90 Å². The molecular formula is C19H16ClFN2O3S2. The molecule has 146 valence electrons. The predicted molar refractivity (Wildman–Crippen MR) is 110 cm³/mol. The van der Waals surface area contributed by atoms with E-state index in [4.69, 9.17) is 11.6 Å². The number of carbonyl (C=O) groups excluding carboxylic acids is 1. The summed E-state index contributed by atoms with van der Waals surface area (Å²) in [6.45, 7) is 0. The van der Waals surface area contributed by atoms with Crippen LogP contribution in [0.2, 0.25) is 5.02 Å². The number of rotatable bonds is 3. The van der Waals surface area contributed by atoms with Crippen molar-refractivity contribution in [2.24, 2.45) is 4.99 Å². The first-order chi connectivity index (χ1) is 13.3. The summed E-state index contributed by atoms with van der Waals surface area (Å²) in [5.41, 5.74) is 1.37. The van der Waals surface area contributed by atoms with Crippen molar-refractivity contribution in [2.75, 3.05) is 16.4 Å². The van der Waals surface area contributed by atoms with Crippen molar-refractivity contribution in [2.45, 2.75) is 17.7 Å². The first-order valence-corrected chi connectivity index (χ1v) is 11.7. The van der Waals surface area contributed by atoms with Gasteiger partial charge in [-0.1, -0.05) is 41.6 Å². The maximum Gasteiger partial charge on any atom is 0.252 e. The molecule has 2 aliphatic rings. The second kappa shape index (κ2) is 7.50. The Labute approximate surface area is 171 Å². The Morgan fingerprint density at radius 1 is 1.21 bits per heavy atom. The largest absolute Gasteiger partial charge is 0.316 e. The predicted octanol–water partition coefficient (Wildman–Crippen LogP) is 3.32. The van der Waals surface area contributed by atoms with Gasteiger partial charge in [-0.25, -0.2) is 12.8 Å². The van der Waals surface area contributed by atoms with Gasteiger partial charge in [0.1, 0.15) is 5.82 Å². The van der Waals surface area contributed by atoms with Gasteiger partial charge in [0, 0.05) is 16.0 Å². The van der Waals surface area contributed by atoms with Gasteiger partial charge in [-0.05, 0) is 35.9 Å². The molecule has 0 saturated carbocycles. The van der Waals surface area contributed by atoms with Crippen molar-refractivity contribution in [1.82, 2.24) is 0 Å². The maximum absolute atomic E-state index is 13.0. The van der Waals surface area contributed by atoms with Crippen molar-refractivity contribution in [3.05, 3.63) is 64.9 Å². The number of amidine groups is 1. The molecule has 2 saturated heterocycles. The molecule has 0 aromatic heterocycles. The zero-order valence-corrected chi connectivity index (χ0v) is 17.0. The van der Waals surface area contributed by atoms with E-state index in [0.29, 0.717) is 21.4 Å². The fourth-order valence-corrected chi connectivity index (χ4v) is 7.53. The van der Waals surface area contributed by atoms with E-state index in [0.717, 1.165) is 0 Å². The lowest BCUT2D eigenvalue weighted by Gasteiger charge is -2.24. The van der Waals surface area contributed by atoms with E-state index in [-0.39, 0.29) is 40.9 Å². The van der Waals surface area contributed by atoms with Gasteiger partial charge in [0.15, 0.2) is 15.0 Å². The van der Waals surface area contributed by atoms with Crippen LogP contribution >= 0.6 is 23.4 Å². The van der Waals surface area contributed by atoms with Gasteiger partial charge in [0.05, 0.1) is 24.0 Å². The Balaban J connectivity index is 1.63. The zero-order valence-electron chi connectivity index (χ0n) is 14.6. The summed E-state index contributed by atoms with van der Waals surface area (Å²) >= 11 is 7.41. The molecule has 2 heterocycles. The number of fused-ring (bicyclic) bond motifs is 1. The molecule has 5 nitrogen and oxygen atoms in total. The molecule has 0 N–H and O–H groups in total. The quantitative estimate of drug-likeness (QED) is 0.735. The topological polar surface area (TPSA) is 66.8 Å². The Kier molecular flexibility index (Phi) is 5.20. The number of thioether (sulfide) groups is 1. The number of benzene rings is 2. The summed E-state index contributed by atoms with van der Waals surface area (Å²) < 4.78 is 37.2. The molecule has 28 heavy (non-hydrogen) atoms. The highest BCUT2D eigenvalue weighted by Gasteiger charge is 2.49. The number of amides is 1.